The van der Waals surface area contributed by atoms with Gasteiger partial charge in [0.05, 0.1) is 11.7 Å². The molecule has 3 rings (SSSR count). The number of carbonyl (C=O) groups excluding carboxylic acids is 2. The van der Waals surface area contributed by atoms with Crippen molar-refractivity contribution in [3.05, 3.63) is 0 Å². The number of rotatable bonds is 8. The lowest BCUT2D eigenvalue weighted by molar-refractivity contribution is -0.226. The van der Waals surface area contributed by atoms with Crippen LogP contribution in [0.2, 0.25) is 0 Å². The van der Waals surface area contributed by atoms with Crippen LogP contribution in [0.1, 0.15) is 66.2 Å². The molecule has 0 bridgehead atoms. The van der Waals surface area contributed by atoms with Crippen LogP contribution in [0.3, 0.4) is 0 Å². The molecule has 0 N–H and O–H groups in total. The van der Waals surface area contributed by atoms with Gasteiger partial charge < -0.3 is 14.5 Å². The number of hydrogen-bond donors (Lipinski definition) is 0. The minimum atomic E-state index is -0.0184. The van der Waals surface area contributed by atoms with E-state index in [0.717, 1.165) is 71.5 Å². The Bertz CT molecular complexity index is 554. The number of nitrogens with zero attached hydrogens (tertiary/aromatic N) is 3. The Morgan fingerprint density at radius 2 is 1.59 bits per heavy atom. The van der Waals surface area contributed by atoms with Crippen molar-refractivity contribution < 1.29 is 14.3 Å². The quantitative estimate of drug-likeness (QED) is 0.619. The Kier molecular flexibility index (Phi) is 7.74. The normalized spacial score (nSPS) is 25.6. The molecule has 166 valence electrons. The number of ether oxygens (including phenoxy) is 1. The van der Waals surface area contributed by atoms with Crippen LogP contribution in [-0.2, 0) is 14.3 Å². The molecule has 0 aromatic carbocycles. The van der Waals surface area contributed by atoms with E-state index in [1.165, 1.54) is 0 Å². The van der Waals surface area contributed by atoms with Gasteiger partial charge in [-0.05, 0) is 33.1 Å². The molecule has 3 saturated heterocycles. The third-order valence-corrected chi connectivity index (χ3v) is 7.18. The number of carbonyl (C=O) groups is 2. The average molecular weight is 408 g/mol. The van der Waals surface area contributed by atoms with Crippen molar-refractivity contribution >= 4 is 11.7 Å². The Hall–Kier alpha value is -0.980. The van der Waals surface area contributed by atoms with Gasteiger partial charge in [-0.2, -0.15) is 0 Å². The number of amides is 1. The van der Waals surface area contributed by atoms with Crippen molar-refractivity contribution in [3.63, 3.8) is 0 Å². The molecular formula is C23H41N3O3. The first kappa shape index (κ1) is 22.7. The molecule has 0 aromatic heterocycles. The fraction of sp³-hybridized carbons (Fsp3) is 0.913. The van der Waals surface area contributed by atoms with Crippen molar-refractivity contribution in [2.24, 2.45) is 5.92 Å². The molecule has 1 amide bonds. The highest BCUT2D eigenvalue weighted by Gasteiger charge is 2.47. The van der Waals surface area contributed by atoms with Gasteiger partial charge in [-0.3, -0.25) is 14.5 Å². The zero-order valence-corrected chi connectivity index (χ0v) is 19.0. The second kappa shape index (κ2) is 9.88. The summed E-state index contributed by atoms with van der Waals surface area (Å²) >= 11 is 0. The molecule has 29 heavy (non-hydrogen) atoms. The molecule has 6 heteroatoms. The van der Waals surface area contributed by atoms with E-state index < -0.39 is 0 Å². The maximum Gasteiger partial charge on any atom is 0.223 e. The van der Waals surface area contributed by atoms with Crippen LogP contribution in [-0.4, -0.2) is 90.0 Å². The third-order valence-electron chi connectivity index (χ3n) is 7.18. The van der Waals surface area contributed by atoms with Crippen molar-refractivity contribution in [3.8, 4) is 0 Å². The Balaban J connectivity index is 1.30. The number of piperidine rings is 1. The Morgan fingerprint density at radius 1 is 0.966 bits per heavy atom. The second-order valence-electron chi connectivity index (χ2n) is 9.89. The Morgan fingerprint density at radius 3 is 2.14 bits per heavy atom. The minimum absolute atomic E-state index is 0.0184. The summed E-state index contributed by atoms with van der Waals surface area (Å²) in [6.07, 6.45) is 5.31. The first-order chi connectivity index (χ1) is 13.8. The zero-order valence-electron chi connectivity index (χ0n) is 19.0. The summed E-state index contributed by atoms with van der Waals surface area (Å²) in [6.45, 7) is 15.3. The third kappa shape index (κ3) is 6.02. The topological polar surface area (TPSA) is 53.1 Å². The first-order valence-electron chi connectivity index (χ1n) is 11.7. The number of hydrogen-bond acceptors (Lipinski definition) is 5. The van der Waals surface area contributed by atoms with E-state index in [1.54, 1.807) is 0 Å². The van der Waals surface area contributed by atoms with E-state index in [9.17, 15) is 9.59 Å². The molecule has 1 atom stereocenters. The molecule has 1 unspecified atom stereocenters. The van der Waals surface area contributed by atoms with Gasteiger partial charge in [0.15, 0.2) is 0 Å². The summed E-state index contributed by atoms with van der Waals surface area (Å²) in [7, 11) is 0. The van der Waals surface area contributed by atoms with Crippen LogP contribution in [0.25, 0.3) is 0 Å². The van der Waals surface area contributed by atoms with E-state index >= 15 is 0 Å². The molecule has 0 aromatic rings. The number of Topliss-reactive ketones (excluding diaryl/α,β-unsaturated/α-hetero) is 1. The van der Waals surface area contributed by atoms with Crippen LogP contribution in [0.4, 0.5) is 0 Å². The molecule has 6 nitrogen and oxygen atoms in total. The van der Waals surface area contributed by atoms with Crippen molar-refractivity contribution in [2.75, 3.05) is 45.8 Å². The van der Waals surface area contributed by atoms with E-state index in [2.05, 4.69) is 23.6 Å². The molecule has 3 aliphatic heterocycles. The smallest absolute Gasteiger partial charge is 0.223 e. The van der Waals surface area contributed by atoms with E-state index in [0.29, 0.717) is 30.6 Å². The maximum atomic E-state index is 12.6. The predicted molar refractivity (Wildman–Crippen MR) is 115 cm³/mol. The molecule has 3 aliphatic rings. The number of ketones is 1. The van der Waals surface area contributed by atoms with Gasteiger partial charge >= 0.3 is 0 Å². The zero-order chi connectivity index (χ0) is 21.0. The van der Waals surface area contributed by atoms with E-state index in [4.69, 9.17) is 4.74 Å². The van der Waals surface area contributed by atoms with Gasteiger partial charge in [0.1, 0.15) is 5.78 Å². The van der Waals surface area contributed by atoms with Crippen LogP contribution in [0.15, 0.2) is 0 Å². The lowest BCUT2D eigenvalue weighted by atomic mass is 9.79. The summed E-state index contributed by atoms with van der Waals surface area (Å²) < 4.78 is 6.21. The highest BCUT2D eigenvalue weighted by atomic mass is 16.5. The molecule has 3 heterocycles. The summed E-state index contributed by atoms with van der Waals surface area (Å²) in [5.41, 5.74) is -0.0184. The number of likely N-dealkylation sites (tertiary alicyclic amines) is 1. The molecule has 0 saturated carbocycles. The van der Waals surface area contributed by atoms with Crippen molar-refractivity contribution in [1.29, 1.82) is 0 Å². The van der Waals surface area contributed by atoms with Crippen LogP contribution >= 0.6 is 0 Å². The van der Waals surface area contributed by atoms with Gasteiger partial charge in [0.2, 0.25) is 5.91 Å². The fourth-order valence-electron chi connectivity index (χ4n) is 4.91. The summed E-state index contributed by atoms with van der Waals surface area (Å²) in [4.78, 5) is 31.4. The molecular weight excluding hydrogens is 366 g/mol. The Labute approximate surface area is 176 Å². The van der Waals surface area contributed by atoms with Gasteiger partial charge in [0, 0.05) is 77.0 Å². The molecule has 3 fully saturated rings. The van der Waals surface area contributed by atoms with Gasteiger partial charge in [-0.1, -0.05) is 13.8 Å². The minimum Gasteiger partial charge on any atom is -0.371 e. The largest absolute Gasteiger partial charge is 0.371 e. The highest BCUT2D eigenvalue weighted by Crippen LogP contribution is 2.43. The van der Waals surface area contributed by atoms with Crippen molar-refractivity contribution in [2.45, 2.75) is 84.0 Å². The van der Waals surface area contributed by atoms with E-state index in [1.807, 2.05) is 18.7 Å². The lowest BCUT2D eigenvalue weighted by Crippen LogP contribution is -2.57. The standard InChI is InChI=1S/C23H41N3O3/c1-18(2)21(27)6-5-20-17-23(29-20)8-11-26(12-9-23)22(28)7-10-24-13-15-25(16-14-24)19(3)4/h18-20H,5-17H2,1-4H3. The monoisotopic (exact) mass is 407 g/mol. The fourth-order valence-corrected chi connectivity index (χ4v) is 4.91. The van der Waals surface area contributed by atoms with Gasteiger partial charge in [-0.15, -0.1) is 0 Å². The number of piperazine rings is 1. The van der Waals surface area contributed by atoms with Gasteiger partial charge in [0.25, 0.3) is 0 Å². The average Bonchev–Trinajstić information content (AvgIpc) is 2.69. The van der Waals surface area contributed by atoms with Crippen LogP contribution in [0.5, 0.6) is 0 Å². The summed E-state index contributed by atoms with van der Waals surface area (Å²) in [6, 6.07) is 0.614. The summed E-state index contributed by atoms with van der Waals surface area (Å²) in [5, 5.41) is 0. The first-order valence-corrected chi connectivity index (χ1v) is 11.7. The predicted octanol–water partition coefficient (Wildman–Crippen LogP) is 2.56. The molecule has 0 aliphatic carbocycles. The lowest BCUT2D eigenvalue weighted by Gasteiger charge is -2.52. The molecule has 1 spiro atoms. The van der Waals surface area contributed by atoms with Gasteiger partial charge in [-0.25, -0.2) is 0 Å². The molecule has 0 radical (unpaired) electrons. The van der Waals surface area contributed by atoms with Crippen LogP contribution < -0.4 is 0 Å². The van der Waals surface area contributed by atoms with Crippen molar-refractivity contribution in [1.82, 2.24) is 14.7 Å². The maximum absolute atomic E-state index is 12.6. The van der Waals surface area contributed by atoms with E-state index in [-0.39, 0.29) is 17.6 Å². The van der Waals surface area contributed by atoms with Crippen LogP contribution in [0, 0.1) is 5.92 Å². The second-order valence-corrected chi connectivity index (χ2v) is 9.89. The highest BCUT2D eigenvalue weighted by molar-refractivity contribution is 5.80. The summed E-state index contributed by atoms with van der Waals surface area (Å²) in [5.74, 6) is 0.752. The SMILES string of the molecule is CC(C)C(=O)CCC1CC2(CCN(C(=O)CCN3CCN(C(C)C)CC3)CC2)O1.